The SMILES string of the molecule is O=C(Cc1ccc(S(=O)(=O)N2CCCCC2)cc1)NCC1CNCC1O. The second kappa shape index (κ2) is 8.47. The minimum atomic E-state index is -3.44. The Bertz CT molecular complexity index is 714. The lowest BCUT2D eigenvalue weighted by Gasteiger charge is -2.25. The van der Waals surface area contributed by atoms with Gasteiger partial charge in [0, 0.05) is 38.6 Å². The normalized spacial score (nSPS) is 24.5. The van der Waals surface area contributed by atoms with E-state index >= 15 is 0 Å². The van der Waals surface area contributed by atoms with Crippen LogP contribution in [0, 0.1) is 5.92 Å². The third-order valence-corrected chi connectivity index (χ3v) is 7.02. The molecule has 2 saturated heterocycles. The molecule has 0 aliphatic carbocycles. The highest BCUT2D eigenvalue weighted by molar-refractivity contribution is 7.89. The van der Waals surface area contributed by atoms with Crippen LogP contribution in [-0.4, -0.2) is 62.6 Å². The maximum absolute atomic E-state index is 12.6. The molecule has 1 amide bonds. The highest BCUT2D eigenvalue weighted by Crippen LogP contribution is 2.21. The molecule has 2 aliphatic heterocycles. The standard InChI is InChI=1S/C18H27N3O4S/c22-17-13-19-11-15(17)12-20-18(23)10-14-4-6-16(7-5-14)26(24,25)21-8-2-1-3-9-21/h4-7,15,17,19,22H,1-3,8-13H2,(H,20,23). The van der Waals surface area contributed by atoms with Gasteiger partial charge in [-0.3, -0.25) is 4.79 Å². The van der Waals surface area contributed by atoms with Crippen LogP contribution in [0.25, 0.3) is 0 Å². The number of β-amino-alcohol motifs (C(OH)–C–C–N with tert-alkyl or cyclic N) is 1. The lowest BCUT2D eigenvalue weighted by atomic mass is 10.1. The van der Waals surface area contributed by atoms with Gasteiger partial charge >= 0.3 is 0 Å². The van der Waals surface area contributed by atoms with Crippen molar-refractivity contribution in [2.75, 3.05) is 32.7 Å². The number of carbonyl (C=O) groups is 1. The highest BCUT2D eigenvalue weighted by Gasteiger charge is 2.26. The Balaban J connectivity index is 1.54. The zero-order chi connectivity index (χ0) is 18.6. The van der Waals surface area contributed by atoms with Crippen LogP contribution in [0.5, 0.6) is 0 Å². The Kier molecular flexibility index (Phi) is 6.29. The van der Waals surface area contributed by atoms with E-state index in [0.717, 1.165) is 24.8 Å². The fraction of sp³-hybridized carbons (Fsp3) is 0.611. The van der Waals surface area contributed by atoms with E-state index in [1.54, 1.807) is 28.6 Å². The predicted octanol–water partition coefficient (Wildman–Crippen LogP) is 0.100. The van der Waals surface area contributed by atoms with Gasteiger partial charge in [-0.15, -0.1) is 0 Å². The molecular weight excluding hydrogens is 354 g/mol. The highest BCUT2D eigenvalue weighted by atomic mass is 32.2. The van der Waals surface area contributed by atoms with Gasteiger partial charge in [0.25, 0.3) is 0 Å². The predicted molar refractivity (Wildman–Crippen MR) is 98.1 cm³/mol. The summed E-state index contributed by atoms with van der Waals surface area (Å²) in [5.41, 5.74) is 0.769. The van der Waals surface area contributed by atoms with Gasteiger partial charge in [0.2, 0.25) is 15.9 Å². The van der Waals surface area contributed by atoms with E-state index in [-0.39, 0.29) is 23.1 Å². The molecule has 0 spiro atoms. The van der Waals surface area contributed by atoms with Crippen molar-refractivity contribution < 1.29 is 18.3 Å². The molecule has 3 rings (SSSR count). The number of hydrogen-bond donors (Lipinski definition) is 3. The first-order valence-corrected chi connectivity index (χ1v) is 10.7. The molecule has 1 aromatic carbocycles. The third-order valence-electron chi connectivity index (χ3n) is 5.11. The summed E-state index contributed by atoms with van der Waals surface area (Å²) in [5, 5.41) is 15.6. The van der Waals surface area contributed by atoms with Gasteiger partial charge in [-0.1, -0.05) is 18.6 Å². The molecule has 2 fully saturated rings. The molecule has 26 heavy (non-hydrogen) atoms. The van der Waals surface area contributed by atoms with Crippen LogP contribution in [0.2, 0.25) is 0 Å². The number of amides is 1. The lowest BCUT2D eigenvalue weighted by molar-refractivity contribution is -0.120. The van der Waals surface area contributed by atoms with E-state index in [1.165, 1.54) is 0 Å². The smallest absolute Gasteiger partial charge is 0.243 e. The summed E-state index contributed by atoms with van der Waals surface area (Å²) in [6.07, 6.45) is 2.66. The second-order valence-corrected chi connectivity index (χ2v) is 9.01. The van der Waals surface area contributed by atoms with Gasteiger partial charge in [0.15, 0.2) is 0 Å². The molecule has 144 valence electrons. The third kappa shape index (κ3) is 4.62. The number of aliphatic hydroxyl groups is 1. The molecule has 2 aliphatic rings. The van der Waals surface area contributed by atoms with Crippen LogP contribution >= 0.6 is 0 Å². The summed E-state index contributed by atoms with van der Waals surface area (Å²) in [6, 6.07) is 6.55. The van der Waals surface area contributed by atoms with Crippen molar-refractivity contribution in [2.24, 2.45) is 5.92 Å². The Morgan fingerprint density at radius 1 is 1.15 bits per heavy atom. The van der Waals surface area contributed by atoms with Crippen LogP contribution in [-0.2, 0) is 21.2 Å². The zero-order valence-electron chi connectivity index (χ0n) is 14.9. The minimum Gasteiger partial charge on any atom is -0.391 e. The van der Waals surface area contributed by atoms with Gasteiger partial charge < -0.3 is 15.7 Å². The number of hydrogen-bond acceptors (Lipinski definition) is 5. The summed E-state index contributed by atoms with van der Waals surface area (Å²) in [4.78, 5) is 12.3. The molecule has 2 heterocycles. The Labute approximate surface area is 154 Å². The Hall–Kier alpha value is -1.48. The molecule has 0 bridgehead atoms. The van der Waals surface area contributed by atoms with Crippen molar-refractivity contribution in [3.05, 3.63) is 29.8 Å². The van der Waals surface area contributed by atoms with Crippen molar-refractivity contribution in [3.63, 3.8) is 0 Å². The molecule has 2 unspecified atom stereocenters. The molecule has 0 radical (unpaired) electrons. The molecule has 1 aromatic rings. The number of nitrogens with zero attached hydrogens (tertiary/aromatic N) is 1. The van der Waals surface area contributed by atoms with Crippen molar-refractivity contribution in [2.45, 2.75) is 36.7 Å². The van der Waals surface area contributed by atoms with Crippen molar-refractivity contribution >= 4 is 15.9 Å². The molecular formula is C18H27N3O4S. The number of aliphatic hydroxyl groups excluding tert-OH is 1. The molecule has 7 nitrogen and oxygen atoms in total. The fourth-order valence-electron chi connectivity index (χ4n) is 3.45. The maximum atomic E-state index is 12.6. The van der Waals surface area contributed by atoms with E-state index in [0.29, 0.717) is 32.7 Å². The average molecular weight is 381 g/mol. The molecule has 3 N–H and O–H groups in total. The van der Waals surface area contributed by atoms with Crippen LogP contribution in [0.1, 0.15) is 24.8 Å². The van der Waals surface area contributed by atoms with Crippen molar-refractivity contribution in [1.82, 2.24) is 14.9 Å². The van der Waals surface area contributed by atoms with Crippen LogP contribution in [0.4, 0.5) is 0 Å². The van der Waals surface area contributed by atoms with E-state index in [2.05, 4.69) is 10.6 Å². The molecule has 2 atom stereocenters. The fourth-order valence-corrected chi connectivity index (χ4v) is 4.97. The molecule has 0 aromatic heterocycles. The van der Waals surface area contributed by atoms with Crippen LogP contribution < -0.4 is 10.6 Å². The molecule has 0 saturated carbocycles. The topological polar surface area (TPSA) is 98.7 Å². The lowest BCUT2D eigenvalue weighted by Crippen LogP contribution is -2.35. The van der Waals surface area contributed by atoms with Gasteiger partial charge in [-0.25, -0.2) is 8.42 Å². The number of sulfonamides is 1. The number of rotatable bonds is 6. The van der Waals surface area contributed by atoms with E-state index < -0.39 is 16.1 Å². The monoisotopic (exact) mass is 381 g/mol. The van der Waals surface area contributed by atoms with Crippen LogP contribution in [0.15, 0.2) is 29.2 Å². The summed E-state index contributed by atoms with van der Waals surface area (Å²) >= 11 is 0. The van der Waals surface area contributed by atoms with E-state index in [4.69, 9.17) is 0 Å². The Morgan fingerprint density at radius 2 is 1.85 bits per heavy atom. The van der Waals surface area contributed by atoms with E-state index in [1.807, 2.05) is 0 Å². The number of nitrogens with one attached hydrogen (secondary N) is 2. The first kappa shape index (κ1) is 19.3. The zero-order valence-corrected chi connectivity index (χ0v) is 15.7. The maximum Gasteiger partial charge on any atom is 0.243 e. The van der Waals surface area contributed by atoms with Gasteiger partial charge in [0.05, 0.1) is 17.4 Å². The van der Waals surface area contributed by atoms with Gasteiger partial charge in [0.1, 0.15) is 0 Å². The largest absolute Gasteiger partial charge is 0.391 e. The van der Waals surface area contributed by atoms with Gasteiger partial charge in [-0.05, 0) is 30.5 Å². The van der Waals surface area contributed by atoms with Crippen molar-refractivity contribution in [3.8, 4) is 0 Å². The quantitative estimate of drug-likeness (QED) is 0.649. The summed E-state index contributed by atoms with van der Waals surface area (Å²) in [5.74, 6) is -0.0910. The number of benzene rings is 1. The Morgan fingerprint density at radius 3 is 2.46 bits per heavy atom. The summed E-state index contributed by atoms with van der Waals surface area (Å²) in [7, 11) is -3.44. The first-order chi connectivity index (χ1) is 12.5. The van der Waals surface area contributed by atoms with E-state index in [9.17, 15) is 18.3 Å². The number of carbonyl (C=O) groups excluding carboxylic acids is 1. The minimum absolute atomic E-state index is 0.0380. The molecule has 8 heteroatoms. The second-order valence-electron chi connectivity index (χ2n) is 7.08. The summed E-state index contributed by atoms with van der Waals surface area (Å²) in [6.45, 7) is 2.86. The summed E-state index contributed by atoms with van der Waals surface area (Å²) < 4.78 is 26.8. The number of piperidine rings is 1. The van der Waals surface area contributed by atoms with Crippen molar-refractivity contribution in [1.29, 1.82) is 0 Å². The van der Waals surface area contributed by atoms with Gasteiger partial charge in [-0.2, -0.15) is 4.31 Å². The average Bonchev–Trinajstić information content (AvgIpc) is 3.06. The van der Waals surface area contributed by atoms with Crippen LogP contribution in [0.3, 0.4) is 0 Å². The first-order valence-electron chi connectivity index (χ1n) is 9.21.